The zero-order valence-electron chi connectivity index (χ0n) is 23.3. The molecule has 1 aliphatic carbocycles. The van der Waals surface area contributed by atoms with Crippen LogP contribution < -0.4 is 20.1 Å². The van der Waals surface area contributed by atoms with E-state index in [1.807, 2.05) is 0 Å². The van der Waals surface area contributed by atoms with Crippen LogP contribution in [0.15, 0.2) is 48.5 Å². The molecule has 0 spiro atoms. The van der Waals surface area contributed by atoms with E-state index in [9.17, 15) is 28.8 Å². The first-order valence-electron chi connectivity index (χ1n) is 13.8. The van der Waals surface area contributed by atoms with E-state index in [1.54, 1.807) is 62.6 Å². The van der Waals surface area contributed by atoms with Gasteiger partial charge in [0.15, 0.2) is 0 Å². The summed E-state index contributed by atoms with van der Waals surface area (Å²) in [6, 6.07) is 11.4. The number of amides is 4. The van der Waals surface area contributed by atoms with Gasteiger partial charge in [-0.1, -0.05) is 24.3 Å². The molecule has 220 valence electrons. The summed E-state index contributed by atoms with van der Waals surface area (Å²) < 4.78 is 11.1. The Hall–Kier alpha value is -4.74. The number of hydrogen-bond donors (Lipinski definition) is 2. The van der Waals surface area contributed by atoms with Gasteiger partial charge in [-0.25, -0.2) is 0 Å². The first kappa shape index (κ1) is 28.8. The van der Waals surface area contributed by atoms with Crippen molar-refractivity contribution in [3.8, 4) is 11.5 Å². The van der Waals surface area contributed by atoms with Gasteiger partial charge in [0.2, 0.25) is 23.6 Å². The Bertz CT molecular complexity index is 1290. The SMILES string of the molecule is CN1CC(=O)N[C@H](c2ccc(OC(=O)C3CCC(C(=O)Oc4ccc([C@H]5NC(=O)CN(C)C5=O)cc4)CC3)cc2)C1=O. The highest BCUT2D eigenvalue weighted by atomic mass is 16.5. The fourth-order valence-corrected chi connectivity index (χ4v) is 5.44. The molecule has 2 heterocycles. The van der Waals surface area contributed by atoms with Crippen molar-refractivity contribution >= 4 is 35.6 Å². The number of carbonyl (C=O) groups is 6. The molecule has 12 nitrogen and oxygen atoms in total. The minimum absolute atomic E-state index is 0.0157. The van der Waals surface area contributed by atoms with Crippen molar-refractivity contribution in [1.29, 1.82) is 0 Å². The van der Waals surface area contributed by atoms with E-state index in [0.29, 0.717) is 48.3 Å². The van der Waals surface area contributed by atoms with E-state index < -0.39 is 12.1 Å². The number of benzene rings is 2. The van der Waals surface area contributed by atoms with Crippen LogP contribution in [0.5, 0.6) is 11.5 Å². The third kappa shape index (κ3) is 6.27. The van der Waals surface area contributed by atoms with E-state index in [0.717, 1.165) is 0 Å². The number of ether oxygens (including phenoxy) is 2. The second kappa shape index (κ2) is 12.0. The Morgan fingerprint density at radius 2 is 0.952 bits per heavy atom. The van der Waals surface area contributed by atoms with Crippen LogP contribution >= 0.6 is 0 Å². The predicted octanol–water partition coefficient (Wildman–Crippen LogP) is 1.26. The monoisotopic (exact) mass is 576 g/mol. The van der Waals surface area contributed by atoms with Crippen LogP contribution in [0.2, 0.25) is 0 Å². The second-order valence-corrected chi connectivity index (χ2v) is 10.9. The molecule has 5 rings (SSSR count). The Kier molecular flexibility index (Phi) is 8.23. The summed E-state index contributed by atoms with van der Waals surface area (Å²) >= 11 is 0. The lowest BCUT2D eigenvalue weighted by Crippen LogP contribution is -2.51. The molecule has 0 unspecified atom stereocenters. The van der Waals surface area contributed by atoms with Crippen LogP contribution in [-0.2, 0) is 28.8 Å². The second-order valence-electron chi connectivity index (χ2n) is 10.9. The zero-order chi connectivity index (χ0) is 30.0. The topological polar surface area (TPSA) is 151 Å². The van der Waals surface area contributed by atoms with Gasteiger partial charge < -0.3 is 29.9 Å². The lowest BCUT2D eigenvalue weighted by molar-refractivity contribution is -0.145. The molecule has 2 saturated heterocycles. The Morgan fingerprint density at radius 1 is 0.619 bits per heavy atom. The van der Waals surface area contributed by atoms with Crippen LogP contribution in [0.3, 0.4) is 0 Å². The maximum Gasteiger partial charge on any atom is 0.314 e. The van der Waals surface area contributed by atoms with Gasteiger partial charge >= 0.3 is 11.9 Å². The summed E-state index contributed by atoms with van der Waals surface area (Å²) in [5.41, 5.74) is 1.19. The first-order valence-corrected chi connectivity index (χ1v) is 13.8. The number of nitrogens with one attached hydrogen (secondary N) is 2. The zero-order valence-corrected chi connectivity index (χ0v) is 23.3. The van der Waals surface area contributed by atoms with Crippen molar-refractivity contribution in [2.24, 2.45) is 11.8 Å². The average Bonchev–Trinajstić information content (AvgIpc) is 2.98. The van der Waals surface area contributed by atoms with E-state index in [1.165, 1.54) is 9.80 Å². The smallest absolute Gasteiger partial charge is 0.314 e. The number of nitrogens with zero attached hydrogens (tertiary/aromatic N) is 2. The minimum Gasteiger partial charge on any atom is -0.426 e. The van der Waals surface area contributed by atoms with Crippen molar-refractivity contribution in [3.05, 3.63) is 59.7 Å². The molecule has 2 atom stereocenters. The molecule has 42 heavy (non-hydrogen) atoms. The van der Waals surface area contributed by atoms with Gasteiger partial charge in [0.05, 0.1) is 24.9 Å². The molecule has 1 saturated carbocycles. The number of esters is 2. The van der Waals surface area contributed by atoms with Gasteiger partial charge in [-0.3, -0.25) is 28.8 Å². The molecular weight excluding hydrogens is 544 g/mol. The van der Waals surface area contributed by atoms with E-state index in [4.69, 9.17) is 9.47 Å². The fraction of sp³-hybridized carbons (Fsp3) is 0.400. The quantitative estimate of drug-likeness (QED) is 0.385. The normalized spacial score (nSPS) is 24.5. The summed E-state index contributed by atoms with van der Waals surface area (Å²) in [6.07, 6.45) is 1.90. The van der Waals surface area contributed by atoms with Crippen LogP contribution in [0.4, 0.5) is 0 Å². The highest BCUT2D eigenvalue weighted by molar-refractivity contribution is 5.96. The maximum atomic E-state index is 12.8. The van der Waals surface area contributed by atoms with Crippen LogP contribution in [0.25, 0.3) is 0 Å². The average molecular weight is 577 g/mol. The van der Waals surface area contributed by atoms with Gasteiger partial charge in [-0.15, -0.1) is 0 Å². The summed E-state index contributed by atoms with van der Waals surface area (Å²) in [4.78, 5) is 76.7. The molecule has 0 radical (unpaired) electrons. The molecule has 3 fully saturated rings. The summed E-state index contributed by atoms with van der Waals surface area (Å²) in [5.74, 6) is -1.75. The fourth-order valence-electron chi connectivity index (χ4n) is 5.44. The van der Waals surface area contributed by atoms with E-state index in [-0.39, 0.29) is 60.5 Å². The molecule has 2 N–H and O–H groups in total. The molecule has 0 aromatic heterocycles. The van der Waals surface area contributed by atoms with Crippen LogP contribution in [0, 0.1) is 11.8 Å². The van der Waals surface area contributed by atoms with Gasteiger partial charge in [0, 0.05) is 14.1 Å². The van der Waals surface area contributed by atoms with Crippen LogP contribution in [-0.4, -0.2) is 72.6 Å². The third-order valence-corrected chi connectivity index (χ3v) is 7.88. The van der Waals surface area contributed by atoms with E-state index >= 15 is 0 Å². The summed E-state index contributed by atoms with van der Waals surface area (Å²) in [5, 5.41) is 5.34. The van der Waals surface area contributed by atoms with Crippen molar-refractivity contribution in [1.82, 2.24) is 20.4 Å². The van der Waals surface area contributed by atoms with Crippen LogP contribution in [0.1, 0.15) is 48.9 Å². The number of piperazine rings is 2. The molecule has 12 heteroatoms. The Labute approximate surface area is 242 Å². The Balaban J connectivity index is 1.09. The van der Waals surface area contributed by atoms with Crippen molar-refractivity contribution in [3.63, 3.8) is 0 Å². The largest absolute Gasteiger partial charge is 0.426 e. The van der Waals surface area contributed by atoms with Gasteiger partial charge in [-0.05, 0) is 61.1 Å². The van der Waals surface area contributed by atoms with Gasteiger partial charge in [-0.2, -0.15) is 0 Å². The number of rotatable bonds is 6. The standard InChI is InChI=1S/C30H32N4O8/c1-33-15-23(35)31-25(27(33)37)17-7-11-21(12-8-17)41-29(39)19-3-5-20(6-4-19)30(40)42-22-13-9-18(10-14-22)26-28(38)34(2)16-24(36)32-26/h7-14,19-20,25-26H,3-6,15-16H2,1-2H3,(H,31,35)(H,32,36)/t19?,20?,25-,26-/m1/s1. The predicted molar refractivity (Wildman–Crippen MR) is 147 cm³/mol. The lowest BCUT2D eigenvalue weighted by atomic mass is 9.82. The summed E-state index contributed by atoms with van der Waals surface area (Å²) in [6.45, 7) is 0.0313. The van der Waals surface area contributed by atoms with Crippen molar-refractivity contribution in [2.45, 2.75) is 37.8 Å². The van der Waals surface area contributed by atoms with Gasteiger partial charge in [0.25, 0.3) is 0 Å². The lowest BCUT2D eigenvalue weighted by Gasteiger charge is -2.30. The maximum absolute atomic E-state index is 12.8. The van der Waals surface area contributed by atoms with Crippen molar-refractivity contribution in [2.75, 3.05) is 27.2 Å². The molecule has 2 aliphatic heterocycles. The van der Waals surface area contributed by atoms with Gasteiger partial charge in [0.1, 0.15) is 23.6 Å². The molecule has 2 aromatic rings. The molecular formula is C30H32N4O8. The molecule has 4 amide bonds. The highest BCUT2D eigenvalue weighted by Crippen LogP contribution is 2.32. The summed E-state index contributed by atoms with van der Waals surface area (Å²) in [7, 11) is 3.14. The molecule has 0 bridgehead atoms. The van der Waals surface area contributed by atoms with E-state index in [2.05, 4.69) is 10.6 Å². The molecule has 3 aliphatic rings. The highest BCUT2D eigenvalue weighted by Gasteiger charge is 2.34. The number of carbonyl (C=O) groups excluding carboxylic acids is 6. The third-order valence-electron chi connectivity index (χ3n) is 7.88. The minimum atomic E-state index is -0.778. The number of hydrogen-bond acceptors (Lipinski definition) is 8. The van der Waals surface area contributed by atoms with Crippen molar-refractivity contribution < 1.29 is 38.2 Å². The Morgan fingerprint density at radius 3 is 1.29 bits per heavy atom. The number of likely N-dealkylation sites (N-methyl/N-ethyl adjacent to an activating group) is 2. The first-order chi connectivity index (χ1) is 20.1. The molecule has 2 aromatic carbocycles.